The number of fused-ring (bicyclic) bond motifs is 4. The molecule has 162 valence electrons. The standard InChI is InChI=1S/C26H23NO4S/c28-23(25(29)21-10-5-11-24-20(21)12-13-32-24)14-27-26(30)31-15-22-18-8-3-1-6-16(18)17-7-2-4-9-19(17)22/h1-13,22-23,25,28-29H,14-15H2,(H,27,30). The van der Waals surface area contributed by atoms with Crippen molar-refractivity contribution in [1.82, 2.24) is 5.32 Å². The van der Waals surface area contributed by atoms with E-state index in [9.17, 15) is 15.0 Å². The Bertz CT molecular complexity index is 1220. The van der Waals surface area contributed by atoms with E-state index in [1.807, 2.05) is 47.8 Å². The molecule has 1 aromatic heterocycles. The zero-order valence-corrected chi connectivity index (χ0v) is 18.1. The molecule has 0 saturated heterocycles. The van der Waals surface area contributed by atoms with Crippen LogP contribution < -0.4 is 5.32 Å². The number of carbonyl (C=O) groups excluding carboxylic acids is 1. The molecule has 0 saturated carbocycles. The van der Waals surface area contributed by atoms with Gasteiger partial charge in [-0.25, -0.2) is 4.79 Å². The van der Waals surface area contributed by atoms with Crippen molar-refractivity contribution in [1.29, 1.82) is 0 Å². The Hall–Kier alpha value is -3.19. The molecule has 1 aliphatic rings. The van der Waals surface area contributed by atoms with Gasteiger partial charge in [0.15, 0.2) is 0 Å². The number of carbonyl (C=O) groups is 1. The van der Waals surface area contributed by atoms with Crippen LogP contribution in [0.2, 0.25) is 0 Å². The fourth-order valence-corrected chi connectivity index (χ4v) is 5.25. The number of benzene rings is 3. The number of rotatable bonds is 6. The monoisotopic (exact) mass is 445 g/mol. The van der Waals surface area contributed by atoms with Crippen LogP contribution in [0.3, 0.4) is 0 Å². The largest absolute Gasteiger partial charge is 0.449 e. The summed E-state index contributed by atoms with van der Waals surface area (Å²) in [6.07, 6.45) is -2.88. The highest BCUT2D eigenvalue weighted by Crippen LogP contribution is 2.44. The maximum Gasteiger partial charge on any atom is 0.407 e. The predicted octanol–water partition coefficient (Wildman–Crippen LogP) is 4.83. The number of hydrogen-bond donors (Lipinski definition) is 3. The van der Waals surface area contributed by atoms with Crippen LogP contribution in [0.25, 0.3) is 21.2 Å². The number of aliphatic hydroxyl groups excluding tert-OH is 2. The Morgan fingerprint density at radius 2 is 1.62 bits per heavy atom. The molecule has 6 heteroatoms. The summed E-state index contributed by atoms with van der Waals surface area (Å²) in [6.45, 7) is 0.0884. The van der Waals surface area contributed by atoms with Crippen LogP contribution >= 0.6 is 11.3 Å². The first-order chi connectivity index (χ1) is 15.6. The van der Waals surface area contributed by atoms with Crippen molar-refractivity contribution in [2.24, 2.45) is 0 Å². The average molecular weight is 446 g/mol. The van der Waals surface area contributed by atoms with Gasteiger partial charge < -0.3 is 20.3 Å². The van der Waals surface area contributed by atoms with E-state index in [1.54, 1.807) is 17.4 Å². The van der Waals surface area contributed by atoms with E-state index in [4.69, 9.17) is 4.74 Å². The smallest absolute Gasteiger partial charge is 0.407 e. The highest BCUT2D eigenvalue weighted by Gasteiger charge is 2.29. The Morgan fingerprint density at radius 3 is 2.34 bits per heavy atom. The maximum absolute atomic E-state index is 12.3. The number of hydrogen-bond acceptors (Lipinski definition) is 5. The molecule has 0 bridgehead atoms. The number of aliphatic hydroxyl groups is 2. The van der Waals surface area contributed by atoms with Crippen LogP contribution in [0, 0.1) is 0 Å². The van der Waals surface area contributed by atoms with E-state index >= 15 is 0 Å². The lowest BCUT2D eigenvalue weighted by atomic mass is 9.98. The summed E-state index contributed by atoms with van der Waals surface area (Å²) in [5, 5.41) is 26.5. The summed E-state index contributed by atoms with van der Waals surface area (Å²) in [6, 6.07) is 23.8. The SMILES string of the molecule is O=C(NCC(O)C(O)c1cccc2sccc12)OCC1c2ccccc2-c2ccccc21. The molecule has 1 heterocycles. The molecule has 0 spiro atoms. The molecule has 0 aliphatic heterocycles. The van der Waals surface area contributed by atoms with Crippen LogP contribution in [0.4, 0.5) is 4.79 Å². The van der Waals surface area contributed by atoms with Gasteiger partial charge in [-0.15, -0.1) is 11.3 Å². The van der Waals surface area contributed by atoms with Crippen molar-refractivity contribution in [2.75, 3.05) is 13.2 Å². The third kappa shape index (κ3) is 3.77. The van der Waals surface area contributed by atoms with Crippen LogP contribution in [0.15, 0.2) is 78.2 Å². The molecule has 5 nitrogen and oxygen atoms in total. The second-order valence-corrected chi connectivity index (χ2v) is 8.85. The van der Waals surface area contributed by atoms with Gasteiger partial charge in [-0.05, 0) is 50.7 Å². The molecule has 2 atom stereocenters. The van der Waals surface area contributed by atoms with E-state index in [0.717, 1.165) is 21.2 Å². The highest BCUT2D eigenvalue weighted by molar-refractivity contribution is 7.17. The average Bonchev–Trinajstić information content (AvgIpc) is 3.43. The molecule has 5 rings (SSSR count). The van der Waals surface area contributed by atoms with Gasteiger partial charge in [-0.1, -0.05) is 60.7 Å². The zero-order chi connectivity index (χ0) is 22.1. The van der Waals surface area contributed by atoms with Crippen LogP contribution in [0.1, 0.15) is 28.7 Å². The Morgan fingerprint density at radius 1 is 0.938 bits per heavy atom. The van der Waals surface area contributed by atoms with Gasteiger partial charge in [0.25, 0.3) is 0 Å². The highest BCUT2D eigenvalue weighted by atomic mass is 32.1. The fraction of sp³-hybridized carbons (Fsp3) is 0.192. The Kier molecular flexibility index (Phi) is 5.66. The minimum atomic E-state index is -1.15. The summed E-state index contributed by atoms with van der Waals surface area (Å²) < 4.78 is 6.53. The van der Waals surface area contributed by atoms with Gasteiger partial charge in [0, 0.05) is 17.2 Å². The van der Waals surface area contributed by atoms with Gasteiger partial charge in [-0.3, -0.25) is 0 Å². The van der Waals surface area contributed by atoms with Crippen LogP contribution in [-0.2, 0) is 4.74 Å². The van der Waals surface area contributed by atoms with Gasteiger partial charge in [0.1, 0.15) is 18.8 Å². The second kappa shape index (κ2) is 8.74. The number of thiophene rings is 1. The van der Waals surface area contributed by atoms with Crippen molar-refractivity contribution >= 4 is 27.5 Å². The molecule has 0 fully saturated rings. The molecule has 0 radical (unpaired) electrons. The predicted molar refractivity (Wildman–Crippen MR) is 126 cm³/mol. The van der Waals surface area contributed by atoms with Crippen molar-refractivity contribution in [3.8, 4) is 11.1 Å². The molecule has 3 N–H and O–H groups in total. The Balaban J connectivity index is 1.20. The summed E-state index contributed by atoms with van der Waals surface area (Å²) in [5.74, 6) is -0.0279. The van der Waals surface area contributed by atoms with Crippen molar-refractivity contribution < 1.29 is 19.7 Å². The van der Waals surface area contributed by atoms with Crippen molar-refractivity contribution in [3.05, 3.63) is 94.9 Å². The van der Waals surface area contributed by atoms with Crippen LogP contribution in [0.5, 0.6) is 0 Å². The maximum atomic E-state index is 12.3. The minimum absolute atomic E-state index is 0.0279. The van der Waals surface area contributed by atoms with Crippen LogP contribution in [-0.4, -0.2) is 35.6 Å². The van der Waals surface area contributed by atoms with Gasteiger partial charge in [0.2, 0.25) is 0 Å². The Labute approximate surface area is 189 Å². The lowest BCUT2D eigenvalue weighted by molar-refractivity contribution is 0.0194. The third-order valence-electron chi connectivity index (χ3n) is 6.01. The first-order valence-electron chi connectivity index (χ1n) is 10.5. The second-order valence-electron chi connectivity index (χ2n) is 7.90. The van der Waals surface area contributed by atoms with Gasteiger partial charge >= 0.3 is 6.09 Å². The number of nitrogens with one attached hydrogen (secondary N) is 1. The quantitative estimate of drug-likeness (QED) is 0.397. The number of alkyl carbamates (subject to hydrolysis) is 1. The molecule has 1 aliphatic carbocycles. The van der Waals surface area contributed by atoms with E-state index in [-0.39, 0.29) is 19.1 Å². The topological polar surface area (TPSA) is 78.8 Å². The fourth-order valence-electron chi connectivity index (χ4n) is 4.43. The van der Waals surface area contributed by atoms with E-state index in [2.05, 4.69) is 29.6 Å². The lowest BCUT2D eigenvalue weighted by Gasteiger charge is -2.20. The molecule has 1 amide bonds. The van der Waals surface area contributed by atoms with Gasteiger partial charge in [-0.2, -0.15) is 0 Å². The summed E-state index contributed by atoms with van der Waals surface area (Å²) in [7, 11) is 0. The molecule has 32 heavy (non-hydrogen) atoms. The van der Waals surface area contributed by atoms with Crippen molar-refractivity contribution in [3.63, 3.8) is 0 Å². The molecule has 4 aromatic rings. The number of ether oxygens (including phenoxy) is 1. The summed E-state index contributed by atoms with van der Waals surface area (Å²) in [5.41, 5.74) is 5.25. The normalized spacial score (nSPS) is 14.6. The zero-order valence-electron chi connectivity index (χ0n) is 17.3. The first-order valence-corrected chi connectivity index (χ1v) is 11.4. The summed E-state index contributed by atoms with van der Waals surface area (Å²) in [4.78, 5) is 12.3. The molecular formula is C26H23NO4S. The number of amides is 1. The third-order valence-corrected chi connectivity index (χ3v) is 6.89. The first kappa shape index (κ1) is 20.7. The molecule has 3 aromatic carbocycles. The molecular weight excluding hydrogens is 422 g/mol. The minimum Gasteiger partial charge on any atom is -0.449 e. The molecule has 2 unspecified atom stereocenters. The van der Waals surface area contributed by atoms with E-state index in [0.29, 0.717) is 5.56 Å². The summed E-state index contributed by atoms with van der Waals surface area (Å²) >= 11 is 1.58. The van der Waals surface area contributed by atoms with E-state index in [1.165, 1.54) is 11.1 Å². The van der Waals surface area contributed by atoms with Gasteiger partial charge in [0.05, 0.1) is 0 Å². The van der Waals surface area contributed by atoms with E-state index < -0.39 is 18.3 Å². The van der Waals surface area contributed by atoms with Crippen molar-refractivity contribution in [2.45, 2.75) is 18.1 Å². The lowest BCUT2D eigenvalue weighted by Crippen LogP contribution is -2.36.